The number of methoxy groups -OCH3 is 1. The zero-order chi connectivity index (χ0) is 16.1. The molecule has 0 spiro atoms. The number of halogens is 3. The Balaban J connectivity index is 2.07. The third-order valence-electron chi connectivity index (χ3n) is 3.00. The van der Waals surface area contributed by atoms with Crippen LogP contribution >= 0.6 is 27.3 Å². The van der Waals surface area contributed by atoms with Crippen LogP contribution in [-0.2, 0) is 13.1 Å². The van der Waals surface area contributed by atoms with Gasteiger partial charge in [-0.1, -0.05) is 6.07 Å². The number of alkyl halides is 2. The summed E-state index contributed by atoms with van der Waals surface area (Å²) in [6.45, 7) is -1.48. The van der Waals surface area contributed by atoms with E-state index >= 15 is 0 Å². The Bertz CT molecular complexity index is 621. The van der Waals surface area contributed by atoms with Gasteiger partial charge in [-0.15, -0.1) is 11.3 Å². The van der Waals surface area contributed by atoms with Crippen LogP contribution in [0.5, 0.6) is 11.5 Å². The van der Waals surface area contributed by atoms with E-state index in [1.165, 1.54) is 12.0 Å². The molecule has 22 heavy (non-hydrogen) atoms. The molecule has 0 aliphatic heterocycles. The average Bonchev–Trinajstić information content (AvgIpc) is 2.84. The van der Waals surface area contributed by atoms with E-state index in [-0.39, 0.29) is 5.75 Å². The van der Waals surface area contributed by atoms with Gasteiger partial charge in [0.2, 0.25) is 0 Å². The Morgan fingerprint density at radius 2 is 2.00 bits per heavy atom. The molecule has 3 nitrogen and oxygen atoms in total. The van der Waals surface area contributed by atoms with Gasteiger partial charge in [0.25, 0.3) is 0 Å². The molecule has 2 aromatic rings. The lowest BCUT2D eigenvalue weighted by Gasteiger charge is -2.17. The quantitative estimate of drug-likeness (QED) is 0.679. The average molecular weight is 392 g/mol. The van der Waals surface area contributed by atoms with E-state index in [1.54, 1.807) is 23.5 Å². The first-order chi connectivity index (χ1) is 10.5. The molecule has 0 fully saturated rings. The van der Waals surface area contributed by atoms with E-state index in [0.717, 1.165) is 16.6 Å². The second-order valence-electron chi connectivity index (χ2n) is 4.73. The molecule has 0 bridgehead atoms. The first kappa shape index (κ1) is 17.2. The number of hydrogen-bond donors (Lipinski definition) is 0. The lowest BCUT2D eigenvalue weighted by molar-refractivity contribution is -0.0512. The molecule has 0 radical (unpaired) electrons. The lowest BCUT2D eigenvalue weighted by atomic mass is 10.2. The van der Waals surface area contributed by atoms with E-state index in [0.29, 0.717) is 12.3 Å². The predicted octanol–water partition coefficient (Wildman–Crippen LogP) is 4.75. The second-order valence-corrected chi connectivity index (χ2v) is 6.58. The molecule has 120 valence electrons. The van der Waals surface area contributed by atoms with Crippen molar-refractivity contribution < 1.29 is 18.3 Å². The van der Waals surface area contributed by atoms with Crippen LogP contribution in [0, 0.1) is 0 Å². The molecule has 0 saturated carbocycles. The molecule has 1 aromatic heterocycles. The molecular weight excluding hydrogens is 376 g/mol. The summed E-state index contributed by atoms with van der Waals surface area (Å²) in [5.74, 6) is 0.355. The summed E-state index contributed by atoms with van der Waals surface area (Å²) in [5.41, 5.74) is 0.881. The number of thiophene rings is 1. The maximum Gasteiger partial charge on any atom is 0.387 e. The third-order valence-corrected chi connectivity index (χ3v) is 4.91. The molecule has 0 aliphatic rings. The molecule has 0 atom stereocenters. The van der Waals surface area contributed by atoms with Crippen molar-refractivity contribution in [2.75, 3.05) is 14.2 Å². The fourth-order valence-electron chi connectivity index (χ4n) is 2.06. The molecule has 7 heteroatoms. The minimum atomic E-state index is -2.87. The van der Waals surface area contributed by atoms with Crippen LogP contribution in [0.4, 0.5) is 8.78 Å². The Morgan fingerprint density at radius 1 is 1.23 bits per heavy atom. The highest BCUT2D eigenvalue weighted by molar-refractivity contribution is 9.10. The summed E-state index contributed by atoms with van der Waals surface area (Å²) in [4.78, 5) is 3.32. The lowest BCUT2D eigenvalue weighted by Crippen LogP contribution is -2.17. The van der Waals surface area contributed by atoms with Gasteiger partial charge < -0.3 is 9.47 Å². The van der Waals surface area contributed by atoms with E-state index in [1.807, 2.05) is 24.6 Å². The van der Waals surface area contributed by atoms with Crippen molar-refractivity contribution in [3.63, 3.8) is 0 Å². The Morgan fingerprint density at radius 3 is 2.59 bits per heavy atom. The largest absolute Gasteiger partial charge is 0.493 e. The molecule has 1 heterocycles. The normalized spacial score (nSPS) is 11.2. The first-order valence-corrected chi connectivity index (χ1v) is 8.19. The van der Waals surface area contributed by atoms with Gasteiger partial charge in [0.05, 0.1) is 7.11 Å². The smallest absolute Gasteiger partial charge is 0.387 e. The third kappa shape index (κ3) is 4.66. The van der Waals surface area contributed by atoms with Crippen LogP contribution < -0.4 is 9.47 Å². The number of hydrogen-bond acceptors (Lipinski definition) is 4. The summed E-state index contributed by atoms with van der Waals surface area (Å²) < 4.78 is 35.5. The maximum absolute atomic E-state index is 12.4. The summed E-state index contributed by atoms with van der Waals surface area (Å²) >= 11 is 5.18. The van der Waals surface area contributed by atoms with Gasteiger partial charge in [-0.2, -0.15) is 8.78 Å². The van der Waals surface area contributed by atoms with Crippen LogP contribution in [0.25, 0.3) is 0 Å². The van der Waals surface area contributed by atoms with E-state index in [9.17, 15) is 8.78 Å². The Hall–Kier alpha value is -1.18. The summed E-state index contributed by atoms with van der Waals surface area (Å²) in [6.07, 6.45) is 0. The highest BCUT2D eigenvalue weighted by atomic mass is 79.9. The second kappa shape index (κ2) is 7.89. The van der Waals surface area contributed by atoms with Crippen LogP contribution in [0.3, 0.4) is 0 Å². The zero-order valence-electron chi connectivity index (χ0n) is 12.2. The van der Waals surface area contributed by atoms with Crippen LogP contribution in [0.2, 0.25) is 0 Å². The minimum Gasteiger partial charge on any atom is -0.493 e. The highest BCUT2D eigenvalue weighted by Crippen LogP contribution is 2.30. The Labute approximate surface area is 140 Å². The van der Waals surface area contributed by atoms with Gasteiger partial charge in [0, 0.05) is 22.4 Å². The molecular formula is C15H16BrF2NO2S. The van der Waals surface area contributed by atoms with Crippen molar-refractivity contribution >= 4 is 27.3 Å². The number of benzene rings is 1. The van der Waals surface area contributed by atoms with E-state index < -0.39 is 6.61 Å². The van der Waals surface area contributed by atoms with Crippen molar-refractivity contribution in [1.29, 1.82) is 0 Å². The van der Waals surface area contributed by atoms with Crippen molar-refractivity contribution in [3.8, 4) is 11.5 Å². The number of rotatable bonds is 7. The van der Waals surface area contributed by atoms with Crippen molar-refractivity contribution in [3.05, 3.63) is 44.6 Å². The molecule has 2 rings (SSSR count). The maximum atomic E-state index is 12.4. The fraction of sp³-hybridized carbons (Fsp3) is 0.333. The van der Waals surface area contributed by atoms with Crippen LogP contribution in [0.1, 0.15) is 10.4 Å². The van der Waals surface area contributed by atoms with Gasteiger partial charge in [-0.05, 0) is 52.1 Å². The topological polar surface area (TPSA) is 21.7 Å². The molecule has 0 aliphatic carbocycles. The number of nitrogens with zero attached hydrogens (tertiary/aromatic N) is 1. The van der Waals surface area contributed by atoms with Crippen molar-refractivity contribution in [2.24, 2.45) is 0 Å². The van der Waals surface area contributed by atoms with Gasteiger partial charge in [0.15, 0.2) is 11.5 Å². The first-order valence-electron chi connectivity index (χ1n) is 6.51. The SMILES string of the molecule is COc1ccc(CN(C)Cc2sccc2Br)cc1OC(F)F. The summed E-state index contributed by atoms with van der Waals surface area (Å²) in [5, 5.41) is 2.02. The molecule has 0 amide bonds. The van der Waals surface area contributed by atoms with Gasteiger partial charge in [0.1, 0.15) is 0 Å². The van der Waals surface area contributed by atoms with Gasteiger partial charge >= 0.3 is 6.61 Å². The summed E-state index contributed by atoms with van der Waals surface area (Å²) in [6, 6.07) is 7.08. The molecule has 1 aromatic carbocycles. The molecule has 0 N–H and O–H groups in total. The molecule has 0 saturated heterocycles. The standard InChI is InChI=1S/C15H16BrF2NO2S/c1-19(9-14-11(16)5-6-22-14)8-10-3-4-12(20-2)13(7-10)21-15(17)18/h3-7,15H,8-9H2,1-2H3. The van der Waals surface area contributed by atoms with Gasteiger partial charge in [-0.25, -0.2) is 0 Å². The summed E-state index contributed by atoms with van der Waals surface area (Å²) in [7, 11) is 3.40. The van der Waals surface area contributed by atoms with Crippen LogP contribution in [-0.4, -0.2) is 25.7 Å². The number of ether oxygens (including phenoxy) is 2. The van der Waals surface area contributed by atoms with Crippen molar-refractivity contribution in [1.82, 2.24) is 4.90 Å². The Kier molecular flexibility index (Phi) is 6.16. The van der Waals surface area contributed by atoms with Crippen molar-refractivity contribution in [2.45, 2.75) is 19.7 Å². The van der Waals surface area contributed by atoms with Gasteiger partial charge in [-0.3, -0.25) is 4.90 Å². The fourth-order valence-corrected chi connectivity index (χ4v) is 3.62. The van der Waals surface area contributed by atoms with E-state index in [2.05, 4.69) is 25.6 Å². The van der Waals surface area contributed by atoms with E-state index in [4.69, 9.17) is 4.74 Å². The highest BCUT2D eigenvalue weighted by Gasteiger charge is 2.13. The predicted molar refractivity (Wildman–Crippen MR) is 86.8 cm³/mol. The zero-order valence-corrected chi connectivity index (χ0v) is 14.6. The minimum absolute atomic E-state index is 0.0562. The molecule has 0 unspecified atom stereocenters. The van der Waals surface area contributed by atoms with Crippen LogP contribution in [0.15, 0.2) is 34.1 Å². The monoisotopic (exact) mass is 391 g/mol.